The number of aromatic nitrogens is 2. The Balaban J connectivity index is 2.02. The zero-order chi connectivity index (χ0) is 15.4. The Kier molecular flexibility index (Phi) is 4.24. The molecule has 0 unspecified atom stereocenters. The molecule has 0 bridgehead atoms. The summed E-state index contributed by atoms with van der Waals surface area (Å²) in [6.45, 7) is 2.14. The number of halogens is 1. The molecular weight excluding hydrogens is 275 g/mol. The average molecular weight is 292 g/mol. The Hall–Kier alpha value is -2.55. The molecule has 0 saturated carbocycles. The van der Waals surface area contributed by atoms with Crippen molar-refractivity contribution in [3.63, 3.8) is 0 Å². The first-order valence-corrected chi connectivity index (χ1v) is 7.44. The van der Waals surface area contributed by atoms with Crippen molar-refractivity contribution in [3.8, 4) is 22.5 Å². The normalized spacial score (nSPS) is 10.6. The van der Waals surface area contributed by atoms with Gasteiger partial charge < -0.3 is 0 Å². The molecule has 3 heteroatoms. The molecule has 110 valence electrons. The summed E-state index contributed by atoms with van der Waals surface area (Å²) in [5.74, 6) is 0.459. The molecule has 2 nitrogen and oxygen atoms in total. The first-order valence-electron chi connectivity index (χ1n) is 7.44. The molecule has 0 aliphatic carbocycles. The van der Waals surface area contributed by atoms with Crippen molar-refractivity contribution in [2.45, 2.75) is 19.8 Å². The van der Waals surface area contributed by atoms with Gasteiger partial charge in [0.05, 0.1) is 0 Å². The number of aryl methyl sites for hydroxylation is 1. The molecule has 3 rings (SSSR count). The number of rotatable bonds is 4. The highest BCUT2D eigenvalue weighted by Gasteiger charge is 2.09. The molecule has 1 heterocycles. The monoisotopic (exact) mass is 292 g/mol. The van der Waals surface area contributed by atoms with Gasteiger partial charge >= 0.3 is 0 Å². The summed E-state index contributed by atoms with van der Waals surface area (Å²) in [5, 5.41) is 0. The van der Waals surface area contributed by atoms with Crippen LogP contribution in [0.1, 0.15) is 18.9 Å². The predicted octanol–water partition coefficient (Wildman–Crippen LogP) is 4.90. The van der Waals surface area contributed by atoms with Gasteiger partial charge in [-0.2, -0.15) is 0 Å². The summed E-state index contributed by atoms with van der Waals surface area (Å²) in [6, 6.07) is 14.4. The highest BCUT2D eigenvalue weighted by Crippen LogP contribution is 2.29. The molecule has 0 saturated heterocycles. The standard InChI is InChI=1S/C19H17FN2/c1-2-5-14-12-21-19(22-13-14)18-7-4-3-6-17(18)15-8-10-16(20)11-9-15/h3-4,6-13H,2,5H2,1H3. The summed E-state index contributed by atoms with van der Waals surface area (Å²) < 4.78 is 13.1. The molecule has 0 aliphatic heterocycles. The maximum atomic E-state index is 13.1. The van der Waals surface area contributed by atoms with Crippen LogP contribution < -0.4 is 0 Å². The molecule has 3 aromatic rings. The lowest BCUT2D eigenvalue weighted by Gasteiger charge is -2.09. The quantitative estimate of drug-likeness (QED) is 0.683. The number of hydrogen-bond donors (Lipinski definition) is 0. The van der Waals surface area contributed by atoms with E-state index in [4.69, 9.17) is 0 Å². The molecule has 22 heavy (non-hydrogen) atoms. The topological polar surface area (TPSA) is 25.8 Å². The minimum Gasteiger partial charge on any atom is -0.236 e. The van der Waals surface area contributed by atoms with Crippen molar-refractivity contribution >= 4 is 0 Å². The van der Waals surface area contributed by atoms with Crippen LogP contribution in [0, 0.1) is 5.82 Å². The first kappa shape index (κ1) is 14.4. The molecule has 0 amide bonds. The lowest BCUT2D eigenvalue weighted by molar-refractivity contribution is 0.628. The fourth-order valence-corrected chi connectivity index (χ4v) is 2.47. The second-order valence-electron chi connectivity index (χ2n) is 5.22. The minimum absolute atomic E-state index is 0.235. The Bertz CT molecular complexity index is 749. The van der Waals surface area contributed by atoms with E-state index in [0.717, 1.165) is 35.1 Å². The van der Waals surface area contributed by atoms with Gasteiger partial charge in [0.25, 0.3) is 0 Å². The van der Waals surface area contributed by atoms with Crippen LogP contribution >= 0.6 is 0 Å². The zero-order valence-corrected chi connectivity index (χ0v) is 12.5. The predicted molar refractivity (Wildman–Crippen MR) is 86.9 cm³/mol. The molecule has 2 aromatic carbocycles. The molecular formula is C19H17FN2. The summed E-state index contributed by atoms with van der Waals surface area (Å²) >= 11 is 0. The summed E-state index contributed by atoms with van der Waals surface area (Å²) in [6.07, 6.45) is 5.83. The lowest BCUT2D eigenvalue weighted by Crippen LogP contribution is -1.94. The van der Waals surface area contributed by atoms with Crippen LogP contribution in [0.2, 0.25) is 0 Å². The maximum absolute atomic E-state index is 13.1. The van der Waals surface area contributed by atoms with E-state index in [1.807, 2.05) is 36.7 Å². The van der Waals surface area contributed by atoms with Gasteiger partial charge in [0.2, 0.25) is 0 Å². The van der Waals surface area contributed by atoms with Gasteiger partial charge in [-0.3, -0.25) is 0 Å². The molecule has 0 aliphatic rings. The van der Waals surface area contributed by atoms with Crippen LogP contribution in [0.15, 0.2) is 60.9 Å². The third kappa shape index (κ3) is 3.03. The van der Waals surface area contributed by atoms with Crippen molar-refractivity contribution in [3.05, 3.63) is 72.3 Å². The third-order valence-corrected chi connectivity index (χ3v) is 3.57. The fraction of sp³-hybridized carbons (Fsp3) is 0.158. The van der Waals surface area contributed by atoms with Crippen LogP contribution in [0.4, 0.5) is 4.39 Å². The van der Waals surface area contributed by atoms with Crippen LogP contribution in [-0.4, -0.2) is 9.97 Å². The van der Waals surface area contributed by atoms with Gasteiger partial charge in [0.1, 0.15) is 5.82 Å². The lowest BCUT2D eigenvalue weighted by atomic mass is 9.99. The van der Waals surface area contributed by atoms with Gasteiger partial charge in [-0.1, -0.05) is 49.7 Å². The fourth-order valence-electron chi connectivity index (χ4n) is 2.47. The van der Waals surface area contributed by atoms with Gasteiger partial charge in [0.15, 0.2) is 5.82 Å². The van der Waals surface area contributed by atoms with Crippen LogP contribution in [0.3, 0.4) is 0 Å². The van der Waals surface area contributed by atoms with E-state index < -0.39 is 0 Å². The number of hydrogen-bond acceptors (Lipinski definition) is 2. The van der Waals surface area contributed by atoms with Crippen molar-refractivity contribution in [2.75, 3.05) is 0 Å². The van der Waals surface area contributed by atoms with Crippen LogP contribution in [0.25, 0.3) is 22.5 Å². The Labute approximate surface area is 129 Å². The highest BCUT2D eigenvalue weighted by molar-refractivity contribution is 5.80. The van der Waals surface area contributed by atoms with Gasteiger partial charge in [0, 0.05) is 18.0 Å². The van der Waals surface area contributed by atoms with E-state index in [1.165, 1.54) is 12.1 Å². The van der Waals surface area contributed by atoms with E-state index in [-0.39, 0.29) is 5.82 Å². The average Bonchev–Trinajstić information content (AvgIpc) is 2.57. The highest BCUT2D eigenvalue weighted by atomic mass is 19.1. The first-order chi connectivity index (χ1) is 10.8. The minimum atomic E-state index is -0.235. The Morgan fingerprint density at radius 1 is 0.864 bits per heavy atom. The van der Waals surface area contributed by atoms with E-state index in [9.17, 15) is 4.39 Å². The van der Waals surface area contributed by atoms with Crippen LogP contribution in [-0.2, 0) is 6.42 Å². The summed E-state index contributed by atoms with van der Waals surface area (Å²) in [4.78, 5) is 8.97. The Morgan fingerprint density at radius 3 is 2.14 bits per heavy atom. The molecule has 0 fully saturated rings. The molecule has 0 spiro atoms. The third-order valence-electron chi connectivity index (χ3n) is 3.57. The second kappa shape index (κ2) is 6.48. The number of nitrogens with zero attached hydrogens (tertiary/aromatic N) is 2. The van der Waals surface area contributed by atoms with Crippen molar-refractivity contribution in [1.29, 1.82) is 0 Å². The maximum Gasteiger partial charge on any atom is 0.159 e. The SMILES string of the molecule is CCCc1cnc(-c2ccccc2-c2ccc(F)cc2)nc1. The largest absolute Gasteiger partial charge is 0.236 e. The Morgan fingerprint density at radius 2 is 1.50 bits per heavy atom. The van der Waals surface area contributed by atoms with E-state index >= 15 is 0 Å². The van der Waals surface area contributed by atoms with Gasteiger partial charge in [-0.15, -0.1) is 0 Å². The van der Waals surface area contributed by atoms with Gasteiger partial charge in [-0.05, 0) is 35.2 Å². The van der Waals surface area contributed by atoms with Crippen LogP contribution in [0.5, 0.6) is 0 Å². The van der Waals surface area contributed by atoms with E-state index in [2.05, 4.69) is 16.9 Å². The van der Waals surface area contributed by atoms with E-state index in [0.29, 0.717) is 5.82 Å². The summed E-state index contributed by atoms with van der Waals surface area (Å²) in [7, 11) is 0. The second-order valence-corrected chi connectivity index (χ2v) is 5.22. The smallest absolute Gasteiger partial charge is 0.159 e. The molecule has 0 atom stereocenters. The van der Waals surface area contributed by atoms with Gasteiger partial charge in [-0.25, -0.2) is 14.4 Å². The van der Waals surface area contributed by atoms with Crippen molar-refractivity contribution in [2.24, 2.45) is 0 Å². The number of benzene rings is 2. The zero-order valence-electron chi connectivity index (χ0n) is 12.5. The molecule has 1 aromatic heterocycles. The summed E-state index contributed by atoms with van der Waals surface area (Å²) in [5.41, 5.74) is 4.06. The molecule has 0 radical (unpaired) electrons. The van der Waals surface area contributed by atoms with Crippen molar-refractivity contribution in [1.82, 2.24) is 9.97 Å². The van der Waals surface area contributed by atoms with E-state index in [1.54, 1.807) is 12.1 Å². The molecule has 0 N–H and O–H groups in total. The van der Waals surface area contributed by atoms with Crippen molar-refractivity contribution < 1.29 is 4.39 Å².